The highest BCUT2D eigenvalue weighted by Crippen LogP contribution is 2.33. The number of alkyl halides is 2. The molecule has 1 aromatic rings. The summed E-state index contributed by atoms with van der Waals surface area (Å²) in [6, 6.07) is 2.78. The van der Waals surface area contributed by atoms with Crippen LogP contribution in [-0.4, -0.2) is 44.7 Å². The molecule has 7 heteroatoms. The van der Waals surface area contributed by atoms with Crippen LogP contribution in [0.25, 0.3) is 0 Å². The largest absolute Gasteiger partial charge is 0.432 e. The molecule has 0 unspecified atom stereocenters. The van der Waals surface area contributed by atoms with Gasteiger partial charge in [0.2, 0.25) is 0 Å². The van der Waals surface area contributed by atoms with Gasteiger partial charge in [0, 0.05) is 31.3 Å². The number of nitrogen functional groups attached to an aromatic ring is 1. The predicted molar refractivity (Wildman–Crippen MR) is 76.4 cm³/mol. The van der Waals surface area contributed by atoms with Crippen LogP contribution in [0.1, 0.15) is 12.8 Å². The predicted octanol–water partition coefficient (Wildman–Crippen LogP) is 2.54. The van der Waals surface area contributed by atoms with Crippen LogP contribution in [0.5, 0.6) is 5.75 Å². The molecule has 0 spiro atoms. The number of ether oxygens (including phenoxy) is 1. The normalized spacial score (nSPS) is 16.8. The number of hydrogen-bond acceptors (Lipinski definition) is 4. The fraction of sp³-hybridized carbons (Fsp3) is 0.571. The average molecular weight is 303 g/mol. The summed E-state index contributed by atoms with van der Waals surface area (Å²) in [6.45, 7) is -1.57. The summed E-state index contributed by atoms with van der Waals surface area (Å²) in [5, 5.41) is 0. The van der Waals surface area contributed by atoms with Crippen molar-refractivity contribution in [2.24, 2.45) is 0 Å². The smallest absolute Gasteiger partial charge is 0.387 e. The highest BCUT2D eigenvalue weighted by Gasteiger charge is 2.23. The quantitative estimate of drug-likeness (QED) is 0.868. The monoisotopic (exact) mass is 303 g/mol. The highest BCUT2D eigenvalue weighted by atomic mass is 19.3. The van der Waals surface area contributed by atoms with E-state index < -0.39 is 18.2 Å². The average Bonchev–Trinajstić information content (AvgIpc) is 2.41. The van der Waals surface area contributed by atoms with Gasteiger partial charge < -0.3 is 20.3 Å². The van der Waals surface area contributed by atoms with Crippen LogP contribution in [-0.2, 0) is 0 Å². The first-order valence-electron chi connectivity index (χ1n) is 6.83. The number of rotatable bonds is 4. The van der Waals surface area contributed by atoms with E-state index in [1.54, 1.807) is 0 Å². The van der Waals surface area contributed by atoms with Crippen molar-refractivity contribution in [3.8, 4) is 5.75 Å². The molecule has 1 heterocycles. The van der Waals surface area contributed by atoms with E-state index >= 15 is 0 Å². The van der Waals surface area contributed by atoms with Crippen molar-refractivity contribution >= 4 is 11.4 Å². The van der Waals surface area contributed by atoms with Gasteiger partial charge in [-0.05, 0) is 26.9 Å². The molecule has 2 rings (SSSR count). The lowest BCUT2D eigenvalue weighted by molar-refractivity contribution is -0.0521. The van der Waals surface area contributed by atoms with E-state index in [9.17, 15) is 13.2 Å². The Bertz CT molecular complexity index is 489. The summed E-state index contributed by atoms with van der Waals surface area (Å²) in [6.07, 6.45) is 1.88. The minimum atomic E-state index is -3.06. The summed E-state index contributed by atoms with van der Waals surface area (Å²) in [5.41, 5.74) is 6.59. The second kappa shape index (κ2) is 6.43. The maximum absolute atomic E-state index is 13.6. The maximum atomic E-state index is 13.6. The van der Waals surface area contributed by atoms with Gasteiger partial charge in [-0.25, -0.2) is 4.39 Å². The van der Waals surface area contributed by atoms with Gasteiger partial charge in [0.05, 0.1) is 11.4 Å². The molecule has 0 saturated carbocycles. The third-order valence-electron chi connectivity index (χ3n) is 3.83. The molecular weight excluding hydrogens is 283 g/mol. The minimum Gasteiger partial charge on any atom is -0.432 e. The van der Waals surface area contributed by atoms with Crippen LogP contribution in [0.4, 0.5) is 24.5 Å². The molecule has 0 amide bonds. The minimum absolute atomic E-state index is 0.234. The molecule has 1 aromatic carbocycles. The van der Waals surface area contributed by atoms with Crippen molar-refractivity contribution < 1.29 is 17.9 Å². The standard InChI is InChI=1S/C14H20F3N3O/c1-19(2)9-3-5-20(6-4-9)12-8-13(21-14(16)17)10(15)7-11(12)18/h7-9,14H,3-6,18H2,1-2H3. The van der Waals surface area contributed by atoms with Crippen LogP contribution < -0.4 is 15.4 Å². The molecule has 0 aliphatic carbocycles. The molecule has 1 fully saturated rings. The molecule has 1 saturated heterocycles. The van der Waals surface area contributed by atoms with Gasteiger partial charge in [-0.3, -0.25) is 0 Å². The third kappa shape index (κ3) is 3.72. The summed E-state index contributed by atoms with van der Waals surface area (Å²) >= 11 is 0. The SMILES string of the molecule is CN(C)C1CCN(c2cc(OC(F)F)c(F)cc2N)CC1. The van der Waals surface area contributed by atoms with E-state index in [-0.39, 0.29) is 5.69 Å². The summed E-state index contributed by atoms with van der Waals surface area (Å²) in [5.74, 6) is -1.34. The highest BCUT2D eigenvalue weighted by molar-refractivity contribution is 5.70. The molecule has 4 nitrogen and oxygen atoms in total. The number of nitrogens with two attached hydrogens (primary N) is 1. The molecule has 2 N–H and O–H groups in total. The van der Waals surface area contributed by atoms with Crippen LogP contribution in [0, 0.1) is 5.82 Å². The Hall–Kier alpha value is -1.63. The van der Waals surface area contributed by atoms with E-state index in [2.05, 4.69) is 9.64 Å². The molecular formula is C14H20F3N3O. The van der Waals surface area contributed by atoms with Gasteiger partial charge in [0.25, 0.3) is 0 Å². The summed E-state index contributed by atoms with van der Waals surface area (Å²) in [7, 11) is 4.06. The van der Waals surface area contributed by atoms with Crippen LogP contribution in [0.2, 0.25) is 0 Å². The van der Waals surface area contributed by atoms with Crippen molar-refractivity contribution in [1.82, 2.24) is 4.90 Å². The van der Waals surface area contributed by atoms with Crippen molar-refractivity contribution in [3.05, 3.63) is 17.9 Å². The first-order valence-corrected chi connectivity index (χ1v) is 6.83. The Morgan fingerprint density at radius 3 is 2.43 bits per heavy atom. The number of hydrogen-bond donors (Lipinski definition) is 1. The van der Waals surface area contributed by atoms with Gasteiger partial charge >= 0.3 is 6.61 Å². The molecule has 0 radical (unpaired) electrons. The molecule has 0 atom stereocenters. The zero-order chi connectivity index (χ0) is 15.6. The number of benzene rings is 1. The zero-order valence-electron chi connectivity index (χ0n) is 12.2. The van der Waals surface area contributed by atoms with Gasteiger partial charge in [-0.1, -0.05) is 0 Å². The van der Waals surface area contributed by atoms with Crippen molar-refractivity contribution in [2.45, 2.75) is 25.5 Å². The van der Waals surface area contributed by atoms with Crippen LogP contribution >= 0.6 is 0 Å². The Kier molecular flexibility index (Phi) is 4.82. The van der Waals surface area contributed by atoms with Crippen LogP contribution in [0.15, 0.2) is 12.1 Å². The van der Waals surface area contributed by atoms with Crippen molar-refractivity contribution in [2.75, 3.05) is 37.8 Å². The molecule has 21 heavy (non-hydrogen) atoms. The van der Waals surface area contributed by atoms with Gasteiger partial charge in [0.1, 0.15) is 0 Å². The summed E-state index contributed by atoms with van der Waals surface area (Å²) < 4.78 is 42.3. The third-order valence-corrected chi connectivity index (χ3v) is 3.83. The Balaban J connectivity index is 2.16. The second-order valence-electron chi connectivity index (χ2n) is 5.40. The fourth-order valence-corrected chi connectivity index (χ4v) is 2.64. The van der Waals surface area contributed by atoms with Crippen molar-refractivity contribution in [1.29, 1.82) is 0 Å². The summed E-state index contributed by atoms with van der Waals surface area (Å²) in [4.78, 5) is 4.14. The molecule has 118 valence electrons. The number of halogens is 3. The maximum Gasteiger partial charge on any atom is 0.387 e. The first-order chi connectivity index (χ1) is 9.88. The lowest BCUT2D eigenvalue weighted by Gasteiger charge is -2.37. The van der Waals surface area contributed by atoms with E-state index in [1.807, 2.05) is 19.0 Å². The number of anilines is 2. The molecule has 0 aromatic heterocycles. The zero-order valence-corrected chi connectivity index (χ0v) is 12.2. The fourth-order valence-electron chi connectivity index (χ4n) is 2.64. The lowest BCUT2D eigenvalue weighted by atomic mass is 10.0. The van der Waals surface area contributed by atoms with Gasteiger partial charge in [0.15, 0.2) is 11.6 Å². The topological polar surface area (TPSA) is 41.7 Å². The van der Waals surface area contributed by atoms with Gasteiger partial charge in [-0.2, -0.15) is 8.78 Å². The van der Waals surface area contributed by atoms with Crippen molar-refractivity contribution in [3.63, 3.8) is 0 Å². The van der Waals surface area contributed by atoms with E-state index in [4.69, 9.17) is 5.73 Å². The lowest BCUT2D eigenvalue weighted by Crippen LogP contribution is -2.42. The first kappa shape index (κ1) is 15.8. The van der Waals surface area contributed by atoms with E-state index in [0.717, 1.165) is 32.0 Å². The van der Waals surface area contributed by atoms with E-state index in [0.29, 0.717) is 11.7 Å². The number of nitrogens with zero attached hydrogens (tertiary/aromatic N) is 2. The number of piperidine rings is 1. The Morgan fingerprint density at radius 1 is 1.29 bits per heavy atom. The molecule has 1 aliphatic rings. The molecule has 0 bridgehead atoms. The molecule has 1 aliphatic heterocycles. The van der Waals surface area contributed by atoms with E-state index in [1.165, 1.54) is 6.07 Å². The Labute approximate surface area is 122 Å². The second-order valence-corrected chi connectivity index (χ2v) is 5.40. The van der Waals surface area contributed by atoms with Crippen LogP contribution in [0.3, 0.4) is 0 Å². The Morgan fingerprint density at radius 2 is 1.90 bits per heavy atom. The van der Waals surface area contributed by atoms with Gasteiger partial charge in [-0.15, -0.1) is 0 Å².